The molecule has 0 unspecified atom stereocenters. The van der Waals surface area contributed by atoms with Gasteiger partial charge in [-0.15, -0.1) is 0 Å². The van der Waals surface area contributed by atoms with Crippen LogP contribution in [0.25, 0.3) is 0 Å². The highest BCUT2D eigenvalue weighted by molar-refractivity contribution is 5.80. The zero-order valence-corrected chi connectivity index (χ0v) is 11.1. The minimum Gasteiger partial charge on any atom is -0.299 e. The maximum Gasteiger partial charge on any atom is 0.137 e. The number of hydrogen-bond donors (Lipinski definition) is 0. The van der Waals surface area contributed by atoms with E-state index >= 15 is 0 Å². The van der Waals surface area contributed by atoms with Crippen molar-refractivity contribution in [3.05, 3.63) is 35.4 Å². The molecule has 104 valence electrons. The molecule has 1 aliphatic rings. The number of carbonyl (C=O) groups is 1. The van der Waals surface area contributed by atoms with E-state index in [0.717, 1.165) is 12.5 Å². The molecule has 0 aromatic heterocycles. The van der Waals surface area contributed by atoms with Crippen LogP contribution in [-0.2, 0) is 11.2 Å². The maximum absolute atomic E-state index is 13.0. The first-order valence-corrected chi connectivity index (χ1v) is 7.10. The first-order chi connectivity index (χ1) is 9.13. The van der Waals surface area contributed by atoms with Gasteiger partial charge in [0.15, 0.2) is 0 Å². The van der Waals surface area contributed by atoms with Crippen molar-refractivity contribution in [3.63, 3.8) is 0 Å². The zero-order valence-electron chi connectivity index (χ0n) is 11.1. The highest BCUT2D eigenvalue weighted by Crippen LogP contribution is 2.27. The molecule has 1 saturated carbocycles. The van der Waals surface area contributed by atoms with E-state index in [-0.39, 0.29) is 12.2 Å². The fourth-order valence-corrected chi connectivity index (χ4v) is 2.87. The molecule has 3 heteroatoms. The summed E-state index contributed by atoms with van der Waals surface area (Å²) in [5.74, 6) is -0.484. The summed E-state index contributed by atoms with van der Waals surface area (Å²) in [5, 5.41) is 0. The molecule has 1 aromatic carbocycles. The third-order valence-corrected chi connectivity index (χ3v) is 3.88. The fourth-order valence-electron chi connectivity index (χ4n) is 2.87. The lowest BCUT2D eigenvalue weighted by molar-refractivity contribution is -0.118. The van der Waals surface area contributed by atoms with Crippen LogP contribution >= 0.6 is 0 Å². The van der Waals surface area contributed by atoms with E-state index in [1.165, 1.54) is 44.2 Å². The summed E-state index contributed by atoms with van der Waals surface area (Å²) in [6, 6.07) is 3.30. The molecule has 0 spiro atoms. The second kappa shape index (κ2) is 6.78. The number of hydrogen-bond acceptors (Lipinski definition) is 1. The van der Waals surface area contributed by atoms with E-state index in [2.05, 4.69) is 0 Å². The Morgan fingerprint density at radius 2 is 1.68 bits per heavy atom. The zero-order chi connectivity index (χ0) is 13.7. The second-order valence-corrected chi connectivity index (χ2v) is 5.54. The first-order valence-electron chi connectivity index (χ1n) is 7.10. The van der Waals surface area contributed by atoms with Gasteiger partial charge in [-0.3, -0.25) is 4.79 Å². The van der Waals surface area contributed by atoms with Crippen LogP contribution in [0.2, 0.25) is 0 Å². The Balaban J connectivity index is 1.80. The molecule has 0 saturated heterocycles. The van der Waals surface area contributed by atoms with Crippen LogP contribution in [0.15, 0.2) is 18.2 Å². The van der Waals surface area contributed by atoms with Crippen molar-refractivity contribution < 1.29 is 13.6 Å². The second-order valence-electron chi connectivity index (χ2n) is 5.54. The number of Topliss-reactive ketones (excluding diaryl/α,β-unsaturated/α-hetero) is 1. The smallest absolute Gasteiger partial charge is 0.137 e. The Morgan fingerprint density at radius 3 is 2.32 bits per heavy atom. The lowest BCUT2D eigenvalue weighted by Crippen LogP contribution is -2.10. The minimum atomic E-state index is -0.616. The molecule has 1 nitrogen and oxygen atoms in total. The monoisotopic (exact) mass is 266 g/mol. The van der Waals surface area contributed by atoms with Gasteiger partial charge in [-0.05, 0) is 30.0 Å². The Labute approximate surface area is 113 Å². The lowest BCUT2D eigenvalue weighted by atomic mass is 9.85. The van der Waals surface area contributed by atoms with Gasteiger partial charge in [-0.1, -0.05) is 32.1 Å². The van der Waals surface area contributed by atoms with E-state index in [4.69, 9.17) is 0 Å². The lowest BCUT2D eigenvalue weighted by Gasteiger charge is -2.20. The molecular formula is C16H20F2O. The highest BCUT2D eigenvalue weighted by atomic mass is 19.1. The van der Waals surface area contributed by atoms with Crippen molar-refractivity contribution in [2.24, 2.45) is 5.92 Å². The van der Waals surface area contributed by atoms with Gasteiger partial charge in [-0.25, -0.2) is 8.78 Å². The fraction of sp³-hybridized carbons (Fsp3) is 0.562. The predicted octanol–water partition coefficient (Wildman–Crippen LogP) is 4.44. The molecule has 2 rings (SSSR count). The SMILES string of the molecule is O=C(CCC1CCCCC1)Cc1cc(F)cc(F)c1. The van der Waals surface area contributed by atoms with Gasteiger partial charge in [0.1, 0.15) is 17.4 Å². The summed E-state index contributed by atoms with van der Waals surface area (Å²) in [5.41, 5.74) is 0.436. The molecule has 0 amide bonds. The molecule has 0 heterocycles. The maximum atomic E-state index is 13.0. The summed E-state index contributed by atoms with van der Waals surface area (Å²) in [6.45, 7) is 0. The van der Waals surface area contributed by atoms with Gasteiger partial charge in [-0.2, -0.15) is 0 Å². The van der Waals surface area contributed by atoms with Crippen molar-refractivity contribution in [1.82, 2.24) is 0 Å². The molecular weight excluding hydrogens is 246 g/mol. The highest BCUT2D eigenvalue weighted by Gasteiger charge is 2.15. The standard InChI is InChI=1S/C16H20F2O/c17-14-8-13(9-15(18)11-14)10-16(19)7-6-12-4-2-1-3-5-12/h8-9,11-12H,1-7,10H2. The quantitative estimate of drug-likeness (QED) is 0.770. The van der Waals surface area contributed by atoms with Crippen molar-refractivity contribution in [2.75, 3.05) is 0 Å². The van der Waals surface area contributed by atoms with E-state index in [1.807, 2.05) is 0 Å². The van der Waals surface area contributed by atoms with Crippen LogP contribution in [0.5, 0.6) is 0 Å². The molecule has 1 aromatic rings. The van der Waals surface area contributed by atoms with Gasteiger partial charge in [0, 0.05) is 18.9 Å². The van der Waals surface area contributed by atoms with Crippen LogP contribution < -0.4 is 0 Å². The van der Waals surface area contributed by atoms with Crippen LogP contribution in [0.1, 0.15) is 50.5 Å². The third kappa shape index (κ3) is 4.73. The molecule has 0 aliphatic heterocycles. The van der Waals surface area contributed by atoms with Gasteiger partial charge in [0.25, 0.3) is 0 Å². The van der Waals surface area contributed by atoms with Crippen LogP contribution in [0.4, 0.5) is 8.78 Å². The number of rotatable bonds is 5. The topological polar surface area (TPSA) is 17.1 Å². The molecule has 0 N–H and O–H groups in total. The Bertz CT molecular complexity index is 416. The summed E-state index contributed by atoms with van der Waals surface area (Å²) < 4.78 is 26.0. The summed E-state index contributed by atoms with van der Waals surface area (Å²) >= 11 is 0. The summed E-state index contributed by atoms with van der Waals surface area (Å²) in [7, 11) is 0. The van der Waals surface area contributed by atoms with Gasteiger partial charge in [0.05, 0.1) is 0 Å². The van der Waals surface area contributed by atoms with Crippen molar-refractivity contribution in [3.8, 4) is 0 Å². The minimum absolute atomic E-state index is 0.0792. The van der Waals surface area contributed by atoms with E-state index in [9.17, 15) is 13.6 Å². The first kappa shape index (κ1) is 14.2. The van der Waals surface area contributed by atoms with Crippen molar-refractivity contribution >= 4 is 5.78 Å². The predicted molar refractivity (Wildman–Crippen MR) is 70.9 cm³/mol. The molecule has 1 fully saturated rings. The third-order valence-electron chi connectivity index (χ3n) is 3.88. The van der Waals surface area contributed by atoms with Crippen molar-refractivity contribution in [1.29, 1.82) is 0 Å². The molecule has 1 aliphatic carbocycles. The van der Waals surface area contributed by atoms with E-state index in [1.54, 1.807) is 0 Å². The van der Waals surface area contributed by atoms with E-state index < -0.39 is 11.6 Å². The summed E-state index contributed by atoms with van der Waals surface area (Å²) in [4.78, 5) is 11.8. The Kier molecular flexibility index (Phi) is 5.06. The molecule has 19 heavy (non-hydrogen) atoms. The van der Waals surface area contributed by atoms with Gasteiger partial charge >= 0.3 is 0 Å². The number of halogens is 2. The van der Waals surface area contributed by atoms with E-state index in [0.29, 0.717) is 17.9 Å². The van der Waals surface area contributed by atoms with Crippen LogP contribution in [0.3, 0.4) is 0 Å². The molecule has 0 bridgehead atoms. The molecule has 0 radical (unpaired) electrons. The number of ketones is 1. The largest absolute Gasteiger partial charge is 0.299 e. The molecule has 0 atom stereocenters. The Morgan fingerprint density at radius 1 is 1.05 bits per heavy atom. The van der Waals surface area contributed by atoms with Gasteiger partial charge < -0.3 is 0 Å². The van der Waals surface area contributed by atoms with Crippen molar-refractivity contribution in [2.45, 2.75) is 51.4 Å². The average molecular weight is 266 g/mol. The Hall–Kier alpha value is -1.25. The van der Waals surface area contributed by atoms with Crippen LogP contribution in [0, 0.1) is 17.6 Å². The number of carbonyl (C=O) groups excluding carboxylic acids is 1. The average Bonchev–Trinajstić information content (AvgIpc) is 2.36. The summed E-state index contributed by atoms with van der Waals surface area (Å²) in [6.07, 6.45) is 7.90. The van der Waals surface area contributed by atoms with Gasteiger partial charge in [0.2, 0.25) is 0 Å². The normalized spacial score (nSPS) is 16.5. The number of benzene rings is 1. The van der Waals surface area contributed by atoms with Crippen LogP contribution in [-0.4, -0.2) is 5.78 Å².